The van der Waals surface area contributed by atoms with Crippen LogP contribution in [0, 0.1) is 0 Å². The Bertz CT molecular complexity index is 1280. The number of anilines is 2. The smallest absolute Gasteiger partial charge is 0.162 e. The molecule has 0 radical (unpaired) electrons. The summed E-state index contributed by atoms with van der Waals surface area (Å²) >= 11 is 1.39. The Morgan fingerprint density at radius 3 is 2.31 bits per heavy atom. The average molecular weight is 489 g/mol. The molecule has 7 heteroatoms. The number of nitrogens with zero attached hydrogens (tertiary/aromatic N) is 2. The fourth-order valence-electron chi connectivity index (χ4n) is 4.02. The van der Waals surface area contributed by atoms with Crippen LogP contribution >= 0.6 is 11.3 Å². The van der Waals surface area contributed by atoms with Crippen LogP contribution in [-0.2, 0) is 13.0 Å². The molecule has 35 heavy (non-hydrogen) atoms. The number of likely N-dealkylation sites (N-methyl/N-ethyl adjacent to an activating group) is 1. The number of hydrogen-bond acceptors (Lipinski definition) is 7. The van der Waals surface area contributed by atoms with E-state index in [0.29, 0.717) is 16.1 Å². The van der Waals surface area contributed by atoms with E-state index in [1.165, 1.54) is 16.9 Å². The SMILES string of the molecule is CC.CN1CCc2nc3sc(C=O)c(N)c3c(-c3ccccc3)c2C1.CNc1ccc(C=O)cc1. The summed E-state index contributed by atoms with van der Waals surface area (Å²) < 4.78 is 0. The predicted molar refractivity (Wildman–Crippen MR) is 148 cm³/mol. The Hall–Kier alpha value is -3.55. The summed E-state index contributed by atoms with van der Waals surface area (Å²) in [4.78, 5) is 30.1. The Morgan fingerprint density at radius 2 is 1.71 bits per heavy atom. The molecule has 3 heterocycles. The van der Waals surface area contributed by atoms with Crippen molar-refractivity contribution in [3.63, 3.8) is 0 Å². The minimum atomic E-state index is 0.558. The Kier molecular flexibility index (Phi) is 9.11. The standard InChI is InChI=1S/C18H17N3OS.C8H9NO.C2H6/c1-21-8-7-13-12(9-21)15(11-5-3-2-4-6-11)16-17(19)14(10-22)23-18(16)20-13;1-9-8-4-2-7(6-10)3-5-8;1-2/h2-6,10H,7-9,19H2,1H3;2-6,9H,1H3;1-2H3. The second kappa shape index (κ2) is 12.2. The van der Waals surface area contributed by atoms with Gasteiger partial charge in [0.15, 0.2) is 6.29 Å². The van der Waals surface area contributed by atoms with Gasteiger partial charge >= 0.3 is 0 Å². The van der Waals surface area contributed by atoms with Crippen molar-refractivity contribution >= 4 is 45.5 Å². The molecule has 6 nitrogen and oxygen atoms in total. The maximum Gasteiger partial charge on any atom is 0.162 e. The number of aromatic nitrogens is 1. The van der Waals surface area contributed by atoms with Crippen LogP contribution in [-0.4, -0.2) is 43.1 Å². The van der Waals surface area contributed by atoms with Crippen molar-refractivity contribution in [1.82, 2.24) is 9.88 Å². The quantitative estimate of drug-likeness (QED) is 0.347. The molecular weight excluding hydrogens is 456 g/mol. The first-order chi connectivity index (χ1) is 17.0. The fraction of sp³-hybridized carbons (Fsp3) is 0.250. The van der Waals surface area contributed by atoms with Gasteiger partial charge in [0.05, 0.1) is 10.6 Å². The van der Waals surface area contributed by atoms with Crippen LogP contribution in [0.1, 0.15) is 45.1 Å². The lowest BCUT2D eigenvalue weighted by Gasteiger charge is -2.27. The highest BCUT2D eigenvalue weighted by Crippen LogP contribution is 2.42. The Labute approximate surface area is 210 Å². The number of rotatable bonds is 4. The molecule has 0 fully saturated rings. The summed E-state index contributed by atoms with van der Waals surface area (Å²) in [5.74, 6) is 0. The molecule has 0 bridgehead atoms. The third-order valence-corrected chi connectivity index (χ3v) is 6.78. The zero-order valence-electron chi connectivity index (χ0n) is 20.7. The number of nitrogens with one attached hydrogen (secondary N) is 1. The number of aldehydes is 2. The van der Waals surface area contributed by atoms with E-state index in [2.05, 4.69) is 29.4 Å². The lowest BCUT2D eigenvalue weighted by atomic mass is 9.92. The highest BCUT2D eigenvalue weighted by molar-refractivity contribution is 7.21. The van der Waals surface area contributed by atoms with E-state index < -0.39 is 0 Å². The minimum absolute atomic E-state index is 0.558. The number of carbonyl (C=O) groups excluding carboxylic acids is 2. The molecule has 2 aromatic carbocycles. The maximum atomic E-state index is 11.3. The second-order valence-electron chi connectivity index (χ2n) is 7.93. The van der Waals surface area contributed by atoms with Crippen molar-refractivity contribution in [3.05, 3.63) is 76.3 Å². The van der Waals surface area contributed by atoms with Crippen LogP contribution in [0.15, 0.2) is 54.6 Å². The molecule has 0 spiro atoms. The van der Waals surface area contributed by atoms with Crippen molar-refractivity contribution < 1.29 is 9.59 Å². The van der Waals surface area contributed by atoms with Gasteiger partial charge in [0.25, 0.3) is 0 Å². The lowest BCUT2D eigenvalue weighted by Crippen LogP contribution is -2.27. The van der Waals surface area contributed by atoms with Crippen LogP contribution in [0.2, 0.25) is 0 Å². The molecule has 4 aromatic rings. The zero-order valence-corrected chi connectivity index (χ0v) is 21.5. The van der Waals surface area contributed by atoms with E-state index in [1.54, 1.807) is 12.1 Å². The van der Waals surface area contributed by atoms with Crippen LogP contribution in [0.25, 0.3) is 21.3 Å². The third-order valence-electron chi connectivity index (χ3n) is 5.76. The van der Waals surface area contributed by atoms with E-state index in [9.17, 15) is 9.59 Å². The zero-order chi connectivity index (χ0) is 25.4. The average Bonchev–Trinajstić information content (AvgIpc) is 3.24. The van der Waals surface area contributed by atoms with Crippen molar-refractivity contribution in [2.75, 3.05) is 31.7 Å². The summed E-state index contributed by atoms with van der Waals surface area (Å²) in [5, 5.41) is 3.89. The topological polar surface area (TPSA) is 88.3 Å². The molecule has 182 valence electrons. The van der Waals surface area contributed by atoms with Gasteiger partial charge in [-0.1, -0.05) is 44.2 Å². The molecule has 0 atom stereocenters. The van der Waals surface area contributed by atoms with E-state index in [-0.39, 0.29) is 0 Å². The van der Waals surface area contributed by atoms with Gasteiger partial charge in [0, 0.05) is 54.5 Å². The highest BCUT2D eigenvalue weighted by atomic mass is 32.1. The Morgan fingerprint density at radius 1 is 1.03 bits per heavy atom. The van der Waals surface area contributed by atoms with E-state index in [0.717, 1.165) is 64.8 Å². The van der Waals surface area contributed by atoms with Gasteiger partial charge < -0.3 is 16.0 Å². The number of benzene rings is 2. The summed E-state index contributed by atoms with van der Waals surface area (Å²) in [5.41, 5.74) is 13.2. The van der Waals surface area contributed by atoms with Gasteiger partial charge in [0.2, 0.25) is 0 Å². The molecule has 1 aliphatic rings. The van der Waals surface area contributed by atoms with Crippen LogP contribution in [0.5, 0.6) is 0 Å². The number of fused-ring (bicyclic) bond motifs is 2. The number of pyridine rings is 1. The third kappa shape index (κ3) is 5.75. The van der Waals surface area contributed by atoms with Gasteiger partial charge in [-0.15, -0.1) is 11.3 Å². The molecule has 0 unspecified atom stereocenters. The molecule has 3 N–H and O–H groups in total. The van der Waals surface area contributed by atoms with Crippen molar-refractivity contribution in [3.8, 4) is 11.1 Å². The van der Waals surface area contributed by atoms with Crippen molar-refractivity contribution in [2.45, 2.75) is 26.8 Å². The highest BCUT2D eigenvalue weighted by Gasteiger charge is 2.24. The number of carbonyl (C=O) groups is 2. The monoisotopic (exact) mass is 488 g/mol. The molecular formula is C28H32N4O2S. The molecule has 0 amide bonds. The van der Waals surface area contributed by atoms with Crippen molar-refractivity contribution in [2.24, 2.45) is 0 Å². The Balaban J connectivity index is 0.000000240. The number of hydrogen-bond donors (Lipinski definition) is 2. The van der Waals surface area contributed by atoms with Crippen LogP contribution in [0.3, 0.4) is 0 Å². The number of nitrogens with two attached hydrogens (primary N) is 1. The van der Waals surface area contributed by atoms with Gasteiger partial charge in [0.1, 0.15) is 11.1 Å². The largest absolute Gasteiger partial charge is 0.397 e. The first kappa shape index (κ1) is 26.1. The normalized spacial score (nSPS) is 12.5. The van der Waals surface area contributed by atoms with E-state index >= 15 is 0 Å². The van der Waals surface area contributed by atoms with Crippen molar-refractivity contribution in [1.29, 1.82) is 0 Å². The summed E-state index contributed by atoms with van der Waals surface area (Å²) in [6.07, 6.45) is 2.59. The van der Waals surface area contributed by atoms with Gasteiger partial charge in [-0.2, -0.15) is 0 Å². The van der Waals surface area contributed by atoms with Gasteiger partial charge in [-0.05, 0) is 42.4 Å². The minimum Gasteiger partial charge on any atom is -0.397 e. The first-order valence-electron chi connectivity index (χ1n) is 11.7. The van der Waals surface area contributed by atoms with Crippen LogP contribution < -0.4 is 11.1 Å². The predicted octanol–water partition coefficient (Wildman–Crippen LogP) is 5.91. The van der Waals surface area contributed by atoms with E-state index in [4.69, 9.17) is 10.7 Å². The summed E-state index contributed by atoms with van der Waals surface area (Å²) in [6.45, 7) is 5.86. The fourth-order valence-corrected chi connectivity index (χ4v) is 4.95. The molecule has 5 rings (SSSR count). The first-order valence-corrected chi connectivity index (χ1v) is 12.5. The number of nitrogen functional groups attached to an aromatic ring is 1. The summed E-state index contributed by atoms with van der Waals surface area (Å²) in [7, 11) is 3.96. The molecule has 1 aliphatic heterocycles. The maximum absolute atomic E-state index is 11.3. The van der Waals surface area contributed by atoms with Crippen LogP contribution in [0.4, 0.5) is 11.4 Å². The molecule has 0 aliphatic carbocycles. The molecule has 0 saturated heterocycles. The van der Waals surface area contributed by atoms with Gasteiger partial charge in [-0.3, -0.25) is 9.59 Å². The summed E-state index contributed by atoms with van der Waals surface area (Å²) in [6, 6.07) is 17.6. The van der Waals surface area contributed by atoms with Gasteiger partial charge in [-0.25, -0.2) is 4.98 Å². The molecule has 2 aromatic heterocycles. The number of thiophene rings is 1. The lowest BCUT2D eigenvalue weighted by molar-refractivity contribution is 0.111. The second-order valence-corrected chi connectivity index (χ2v) is 8.96. The van der Waals surface area contributed by atoms with E-state index in [1.807, 2.05) is 51.2 Å². The molecule has 0 saturated carbocycles.